The predicted octanol–water partition coefficient (Wildman–Crippen LogP) is 3.35. The smallest absolute Gasteiger partial charge is 0.247 e. The van der Waals surface area contributed by atoms with Crippen molar-refractivity contribution in [1.82, 2.24) is 9.21 Å². The minimum Gasteiger partial charge on any atom is -0.492 e. The summed E-state index contributed by atoms with van der Waals surface area (Å²) in [5, 5.41) is 0. The SMILES string of the molecule is CC(C)N1CC2(CCN(Cc3ccoc3)CC2)COc2ccccc2S1(=O)=O. The van der Waals surface area contributed by atoms with Gasteiger partial charge in [0.25, 0.3) is 0 Å². The lowest BCUT2D eigenvalue weighted by Gasteiger charge is -2.45. The van der Waals surface area contributed by atoms with E-state index in [1.54, 1.807) is 35.0 Å². The second-order valence-electron chi connectivity index (χ2n) is 8.29. The summed E-state index contributed by atoms with van der Waals surface area (Å²) >= 11 is 0. The van der Waals surface area contributed by atoms with E-state index in [9.17, 15) is 8.42 Å². The Morgan fingerprint density at radius 2 is 1.89 bits per heavy atom. The molecule has 1 saturated heterocycles. The molecule has 1 fully saturated rings. The first-order chi connectivity index (χ1) is 13.4. The molecule has 1 spiro atoms. The van der Waals surface area contributed by atoms with Crippen LogP contribution in [0, 0.1) is 5.41 Å². The number of sulfonamides is 1. The van der Waals surface area contributed by atoms with E-state index in [1.165, 1.54) is 5.56 Å². The van der Waals surface area contributed by atoms with Crippen LogP contribution < -0.4 is 4.74 Å². The van der Waals surface area contributed by atoms with Gasteiger partial charge in [0.1, 0.15) is 10.6 Å². The molecule has 0 bridgehead atoms. The van der Waals surface area contributed by atoms with Gasteiger partial charge in [-0.25, -0.2) is 8.42 Å². The number of rotatable bonds is 3. The van der Waals surface area contributed by atoms with Crippen molar-refractivity contribution in [3.05, 3.63) is 48.4 Å². The van der Waals surface area contributed by atoms with Crippen molar-refractivity contribution in [1.29, 1.82) is 0 Å². The molecule has 0 saturated carbocycles. The first-order valence-electron chi connectivity index (χ1n) is 9.87. The Morgan fingerprint density at radius 3 is 2.57 bits per heavy atom. The van der Waals surface area contributed by atoms with Crippen LogP contribution in [-0.4, -0.2) is 49.9 Å². The summed E-state index contributed by atoms with van der Waals surface area (Å²) in [5.41, 5.74) is 1.00. The number of nitrogens with zero attached hydrogens (tertiary/aromatic N) is 2. The Kier molecular flexibility index (Phi) is 5.24. The summed E-state index contributed by atoms with van der Waals surface area (Å²) in [7, 11) is -3.59. The molecule has 0 unspecified atom stereocenters. The van der Waals surface area contributed by atoms with Crippen molar-refractivity contribution in [2.45, 2.75) is 44.2 Å². The molecule has 6 nitrogen and oxygen atoms in total. The molecule has 3 heterocycles. The van der Waals surface area contributed by atoms with E-state index in [2.05, 4.69) is 4.90 Å². The third-order valence-corrected chi connectivity index (χ3v) is 8.00. The van der Waals surface area contributed by atoms with E-state index >= 15 is 0 Å². The lowest BCUT2D eigenvalue weighted by molar-refractivity contribution is 0.0282. The van der Waals surface area contributed by atoms with Gasteiger partial charge in [0.15, 0.2) is 0 Å². The molecule has 2 aromatic rings. The Bertz CT molecular complexity index is 900. The number of furan rings is 1. The first kappa shape index (κ1) is 19.5. The maximum absolute atomic E-state index is 13.3. The molecule has 152 valence electrons. The highest BCUT2D eigenvalue weighted by Crippen LogP contribution is 2.40. The van der Waals surface area contributed by atoms with Gasteiger partial charge in [0.05, 0.1) is 19.1 Å². The third-order valence-electron chi connectivity index (χ3n) is 5.94. The van der Waals surface area contributed by atoms with Crippen molar-refractivity contribution >= 4 is 10.0 Å². The topological polar surface area (TPSA) is 63.0 Å². The average Bonchev–Trinajstić information content (AvgIpc) is 3.18. The minimum absolute atomic E-state index is 0.100. The number of fused-ring (bicyclic) bond motifs is 1. The summed E-state index contributed by atoms with van der Waals surface area (Å²) in [4.78, 5) is 2.67. The molecule has 0 aliphatic carbocycles. The highest BCUT2D eigenvalue weighted by atomic mass is 32.2. The molecule has 7 heteroatoms. The van der Waals surface area contributed by atoms with Crippen molar-refractivity contribution in [2.75, 3.05) is 26.2 Å². The normalized spacial score (nSPS) is 22.4. The number of likely N-dealkylation sites (tertiary alicyclic amines) is 1. The van der Waals surface area contributed by atoms with Crippen LogP contribution in [0.15, 0.2) is 52.2 Å². The standard InChI is InChI=1S/C21H28N2O4S/c1-17(2)23-15-21(8-10-22(11-9-21)13-18-7-12-26-14-18)16-27-19-5-3-4-6-20(19)28(23,24)25/h3-7,12,14,17H,8-11,13,15-16H2,1-2H3. The molecule has 2 aliphatic rings. The van der Waals surface area contributed by atoms with Crippen LogP contribution in [0.4, 0.5) is 0 Å². The Morgan fingerprint density at radius 1 is 1.14 bits per heavy atom. The van der Waals surface area contributed by atoms with Crippen molar-refractivity contribution < 1.29 is 17.6 Å². The van der Waals surface area contributed by atoms with Crippen molar-refractivity contribution in [3.8, 4) is 5.75 Å². The minimum atomic E-state index is -3.59. The number of piperidine rings is 1. The number of para-hydroxylation sites is 1. The van der Waals surface area contributed by atoms with Crippen LogP contribution in [0.25, 0.3) is 0 Å². The monoisotopic (exact) mass is 404 g/mol. The van der Waals surface area contributed by atoms with E-state index in [4.69, 9.17) is 9.15 Å². The van der Waals surface area contributed by atoms with Crippen LogP contribution in [0.1, 0.15) is 32.3 Å². The number of hydrogen-bond donors (Lipinski definition) is 0. The van der Waals surface area contributed by atoms with Gasteiger partial charge in [0.2, 0.25) is 10.0 Å². The van der Waals surface area contributed by atoms with Crippen LogP contribution in [0.5, 0.6) is 5.75 Å². The summed E-state index contributed by atoms with van der Waals surface area (Å²) in [6.07, 6.45) is 5.30. The fourth-order valence-electron chi connectivity index (χ4n) is 4.19. The molecule has 0 atom stereocenters. The van der Waals surface area contributed by atoms with Crippen molar-refractivity contribution in [3.63, 3.8) is 0 Å². The van der Waals surface area contributed by atoms with Crippen molar-refractivity contribution in [2.24, 2.45) is 5.41 Å². The lowest BCUT2D eigenvalue weighted by Crippen LogP contribution is -2.52. The molecular weight excluding hydrogens is 376 g/mol. The second kappa shape index (κ2) is 7.54. The summed E-state index contributed by atoms with van der Waals surface area (Å²) in [6, 6.07) is 8.88. The maximum atomic E-state index is 13.3. The van der Waals surface area contributed by atoms with Crippen LogP contribution >= 0.6 is 0 Å². The second-order valence-corrected chi connectivity index (χ2v) is 10.1. The molecule has 4 rings (SSSR count). The number of benzene rings is 1. The molecule has 2 aliphatic heterocycles. The third kappa shape index (κ3) is 3.71. The summed E-state index contributed by atoms with van der Waals surface area (Å²) in [6.45, 7) is 7.64. The van der Waals surface area contributed by atoms with Gasteiger partial charge in [-0.05, 0) is 58.0 Å². The number of ether oxygens (including phenoxy) is 1. The molecule has 28 heavy (non-hydrogen) atoms. The molecule has 0 radical (unpaired) electrons. The predicted molar refractivity (Wildman–Crippen MR) is 107 cm³/mol. The van der Waals surface area contributed by atoms with E-state index in [0.717, 1.165) is 32.5 Å². The fraction of sp³-hybridized carbons (Fsp3) is 0.524. The summed E-state index contributed by atoms with van der Waals surface area (Å²) in [5.74, 6) is 0.466. The van der Waals surface area contributed by atoms with Gasteiger partial charge in [-0.3, -0.25) is 4.90 Å². The summed E-state index contributed by atoms with van der Waals surface area (Å²) < 4.78 is 39.6. The van der Waals surface area contributed by atoms with E-state index in [-0.39, 0.29) is 16.4 Å². The van der Waals surface area contributed by atoms with E-state index < -0.39 is 10.0 Å². The highest BCUT2D eigenvalue weighted by molar-refractivity contribution is 7.89. The Labute approximate surface area is 167 Å². The van der Waals surface area contributed by atoms with Crippen LogP contribution in [0.2, 0.25) is 0 Å². The number of hydrogen-bond acceptors (Lipinski definition) is 5. The molecular formula is C21H28N2O4S. The van der Waals surface area contributed by atoms with Crippen LogP contribution in [0.3, 0.4) is 0 Å². The van der Waals surface area contributed by atoms with E-state index in [0.29, 0.717) is 18.9 Å². The van der Waals surface area contributed by atoms with Gasteiger partial charge in [0, 0.05) is 30.1 Å². The van der Waals surface area contributed by atoms with Gasteiger partial charge >= 0.3 is 0 Å². The Hall–Kier alpha value is -1.83. The zero-order chi connectivity index (χ0) is 19.8. The lowest BCUT2D eigenvalue weighted by atomic mass is 9.78. The van der Waals surface area contributed by atoms with E-state index in [1.807, 2.05) is 26.0 Å². The van der Waals surface area contributed by atoms with Crippen LogP contribution in [-0.2, 0) is 16.6 Å². The largest absolute Gasteiger partial charge is 0.492 e. The molecule has 1 aromatic heterocycles. The first-order valence-corrected chi connectivity index (χ1v) is 11.3. The molecule has 0 N–H and O–H groups in total. The maximum Gasteiger partial charge on any atom is 0.247 e. The Balaban J connectivity index is 1.58. The van der Waals surface area contributed by atoms with Gasteiger partial charge in [-0.15, -0.1) is 0 Å². The molecule has 0 amide bonds. The van der Waals surface area contributed by atoms with Gasteiger partial charge in [-0.1, -0.05) is 12.1 Å². The zero-order valence-electron chi connectivity index (χ0n) is 16.5. The highest BCUT2D eigenvalue weighted by Gasteiger charge is 2.43. The van der Waals surface area contributed by atoms with Gasteiger partial charge < -0.3 is 9.15 Å². The fourth-order valence-corrected chi connectivity index (χ4v) is 6.07. The quantitative estimate of drug-likeness (QED) is 0.785. The zero-order valence-corrected chi connectivity index (χ0v) is 17.3. The average molecular weight is 405 g/mol. The van der Waals surface area contributed by atoms with Gasteiger partial charge in [-0.2, -0.15) is 4.31 Å². The molecule has 1 aromatic carbocycles.